The minimum atomic E-state index is -3.04. The number of anilines is 2. The molecule has 0 saturated carbocycles. The van der Waals surface area contributed by atoms with Gasteiger partial charge in [0, 0.05) is 17.3 Å². The van der Waals surface area contributed by atoms with E-state index in [1.165, 1.54) is 31.4 Å². The number of rotatable bonds is 6. The molecule has 0 saturated heterocycles. The summed E-state index contributed by atoms with van der Waals surface area (Å²) in [6, 6.07) is 9.37. The van der Waals surface area contributed by atoms with Crippen LogP contribution in [0, 0.1) is 0 Å². The molecule has 0 aromatic heterocycles. The van der Waals surface area contributed by atoms with Crippen LogP contribution in [0.5, 0.6) is 17.2 Å². The molecule has 3 rings (SSSR count). The number of para-hydroxylation sites is 1. The number of hydrogen-bond acceptors (Lipinski definition) is 5. The lowest BCUT2D eigenvalue weighted by Gasteiger charge is -2.23. The topological polar surface area (TPSA) is 85.9 Å². The maximum atomic E-state index is 12.7. The van der Waals surface area contributed by atoms with Gasteiger partial charge in [-0.3, -0.25) is 9.59 Å². The van der Waals surface area contributed by atoms with E-state index in [4.69, 9.17) is 9.47 Å². The summed E-state index contributed by atoms with van der Waals surface area (Å²) in [5.74, 6) is -0.349. The average molecular weight is 404 g/mol. The number of halogens is 2. The molecule has 1 aliphatic heterocycles. The molecule has 1 unspecified atom stereocenters. The fourth-order valence-electron chi connectivity index (χ4n) is 2.68. The van der Waals surface area contributed by atoms with Gasteiger partial charge in [-0.15, -0.1) is 0 Å². The first-order valence-electron chi connectivity index (χ1n) is 8.60. The maximum absolute atomic E-state index is 12.7. The van der Waals surface area contributed by atoms with Crippen molar-refractivity contribution < 1.29 is 32.6 Å². The highest BCUT2D eigenvalue weighted by Gasteiger charge is 2.23. The molecule has 0 spiro atoms. The first kappa shape index (κ1) is 20.1. The fourth-order valence-corrected chi connectivity index (χ4v) is 2.68. The molecule has 2 N–H and O–H groups in total. The molecule has 9 heteroatoms. The van der Waals surface area contributed by atoms with Crippen LogP contribution in [-0.2, 0) is 9.59 Å². The van der Waals surface area contributed by atoms with Gasteiger partial charge >= 0.3 is 6.61 Å². The van der Waals surface area contributed by atoms with Crippen LogP contribution in [0.4, 0.5) is 20.2 Å². The van der Waals surface area contributed by atoms with Gasteiger partial charge < -0.3 is 24.8 Å². The Morgan fingerprint density at radius 2 is 2.10 bits per heavy atom. The van der Waals surface area contributed by atoms with Gasteiger partial charge in [0.15, 0.2) is 17.6 Å². The Labute approximate surface area is 165 Å². The van der Waals surface area contributed by atoms with E-state index in [2.05, 4.69) is 15.4 Å². The SMILES string of the molecule is COc1cccc(/C=C/C(=O)Nc2ccc3c(c2)NC(=O)C(C)O3)c1OC(F)F. The zero-order chi connectivity index (χ0) is 21.0. The Bertz CT molecular complexity index is 962. The van der Waals surface area contributed by atoms with Gasteiger partial charge in [0.1, 0.15) is 5.75 Å². The van der Waals surface area contributed by atoms with Crippen LogP contribution in [0.1, 0.15) is 12.5 Å². The molecule has 1 heterocycles. The lowest BCUT2D eigenvalue weighted by atomic mass is 10.1. The molecule has 0 aliphatic carbocycles. The lowest BCUT2D eigenvalue weighted by Crippen LogP contribution is -2.34. The molecular weight excluding hydrogens is 386 g/mol. The predicted molar refractivity (Wildman–Crippen MR) is 102 cm³/mol. The molecule has 7 nitrogen and oxygen atoms in total. The summed E-state index contributed by atoms with van der Waals surface area (Å²) in [6.07, 6.45) is 1.91. The van der Waals surface area contributed by atoms with Gasteiger partial charge in [-0.2, -0.15) is 8.78 Å². The van der Waals surface area contributed by atoms with Gasteiger partial charge in [-0.05, 0) is 37.3 Å². The Morgan fingerprint density at radius 1 is 1.31 bits per heavy atom. The number of carbonyl (C=O) groups excluding carboxylic acids is 2. The molecular formula is C20H18F2N2O5. The number of methoxy groups -OCH3 is 1. The molecule has 2 aromatic carbocycles. The number of alkyl halides is 2. The quantitative estimate of drug-likeness (QED) is 0.718. The van der Waals surface area contributed by atoms with E-state index in [9.17, 15) is 18.4 Å². The Morgan fingerprint density at radius 3 is 2.83 bits per heavy atom. The van der Waals surface area contributed by atoms with E-state index in [1.807, 2.05) is 0 Å². The smallest absolute Gasteiger partial charge is 0.387 e. The van der Waals surface area contributed by atoms with Crippen molar-refractivity contribution in [3.63, 3.8) is 0 Å². The molecule has 0 fully saturated rings. The third kappa shape index (κ3) is 4.81. The molecule has 2 aromatic rings. The maximum Gasteiger partial charge on any atom is 0.387 e. The van der Waals surface area contributed by atoms with Gasteiger partial charge in [-0.25, -0.2) is 0 Å². The average Bonchev–Trinajstić information content (AvgIpc) is 2.68. The molecule has 152 valence electrons. The van der Waals surface area contributed by atoms with Crippen LogP contribution >= 0.6 is 0 Å². The largest absolute Gasteiger partial charge is 0.493 e. The summed E-state index contributed by atoms with van der Waals surface area (Å²) < 4.78 is 40.3. The van der Waals surface area contributed by atoms with Gasteiger partial charge in [0.25, 0.3) is 5.91 Å². The van der Waals surface area contributed by atoms with Crippen molar-refractivity contribution in [2.24, 2.45) is 0 Å². The van der Waals surface area contributed by atoms with E-state index in [1.54, 1.807) is 31.2 Å². The van der Waals surface area contributed by atoms with E-state index in [0.29, 0.717) is 17.1 Å². The number of fused-ring (bicyclic) bond motifs is 1. The van der Waals surface area contributed by atoms with Crippen molar-refractivity contribution in [1.82, 2.24) is 0 Å². The lowest BCUT2D eigenvalue weighted by molar-refractivity contribution is -0.122. The Hall–Kier alpha value is -3.62. The third-order valence-corrected chi connectivity index (χ3v) is 4.03. The van der Waals surface area contributed by atoms with Crippen LogP contribution in [0.2, 0.25) is 0 Å². The van der Waals surface area contributed by atoms with E-state index in [-0.39, 0.29) is 23.0 Å². The van der Waals surface area contributed by atoms with E-state index < -0.39 is 18.6 Å². The minimum absolute atomic E-state index is 0.118. The molecule has 1 aliphatic rings. The highest BCUT2D eigenvalue weighted by atomic mass is 19.3. The standard InChI is InChI=1S/C20H18F2N2O5/c1-11-19(26)24-14-10-13(7-8-15(14)28-11)23-17(25)9-6-12-4-3-5-16(27-2)18(12)29-20(21)22/h3-11,20H,1-2H3,(H,23,25)(H,24,26)/b9-6+. The monoisotopic (exact) mass is 404 g/mol. The van der Waals surface area contributed by atoms with Crippen molar-refractivity contribution in [3.05, 3.63) is 48.0 Å². The van der Waals surface area contributed by atoms with Crippen molar-refractivity contribution in [2.45, 2.75) is 19.6 Å². The minimum Gasteiger partial charge on any atom is -0.493 e. The van der Waals surface area contributed by atoms with Crippen LogP contribution in [0.3, 0.4) is 0 Å². The Kier molecular flexibility index (Phi) is 5.96. The number of benzene rings is 2. The predicted octanol–water partition coefficient (Wildman–Crippen LogP) is 3.67. The second kappa shape index (κ2) is 8.59. The van der Waals surface area contributed by atoms with Crippen molar-refractivity contribution in [1.29, 1.82) is 0 Å². The summed E-state index contributed by atoms with van der Waals surface area (Å²) in [7, 11) is 1.33. The van der Waals surface area contributed by atoms with Gasteiger partial charge in [-0.1, -0.05) is 12.1 Å². The van der Waals surface area contributed by atoms with E-state index >= 15 is 0 Å². The van der Waals surface area contributed by atoms with Crippen LogP contribution < -0.4 is 24.8 Å². The van der Waals surface area contributed by atoms with Gasteiger partial charge in [0.05, 0.1) is 12.8 Å². The number of hydrogen-bond donors (Lipinski definition) is 2. The van der Waals surface area contributed by atoms with Crippen LogP contribution in [0.15, 0.2) is 42.5 Å². The highest BCUT2D eigenvalue weighted by molar-refractivity contribution is 6.03. The van der Waals surface area contributed by atoms with Crippen molar-refractivity contribution in [2.75, 3.05) is 17.7 Å². The fraction of sp³-hybridized carbons (Fsp3) is 0.200. The van der Waals surface area contributed by atoms with Crippen molar-refractivity contribution in [3.8, 4) is 17.2 Å². The summed E-state index contributed by atoms with van der Waals surface area (Å²) >= 11 is 0. The summed E-state index contributed by atoms with van der Waals surface area (Å²) in [6.45, 7) is -1.41. The third-order valence-electron chi connectivity index (χ3n) is 4.03. The van der Waals surface area contributed by atoms with E-state index in [0.717, 1.165) is 0 Å². The zero-order valence-electron chi connectivity index (χ0n) is 15.6. The summed E-state index contributed by atoms with van der Waals surface area (Å²) in [5.41, 5.74) is 1.11. The van der Waals surface area contributed by atoms with Gasteiger partial charge in [0.2, 0.25) is 5.91 Å². The molecule has 2 amide bonds. The zero-order valence-corrected chi connectivity index (χ0v) is 15.6. The normalized spacial score (nSPS) is 15.5. The molecule has 0 bridgehead atoms. The first-order valence-corrected chi connectivity index (χ1v) is 8.60. The summed E-state index contributed by atoms with van der Waals surface area (Å²) in [5, 5.41) is 5.31. The molecule has 1 atom stereocenters. The Balaban J connectivity index is 1.74. The first-order chi connectivity index (χ1) is 13.9. The summed E-state index contributed by atoms with van der Waals surface area (Å²) in [4.78, 5) is 23.9. The van der Waals surface area contributed by atoms with Crippen LogP contribution in [-0.4, -0.2) is 31.6 Å². The molecule has 29 heavy (non-hydrogen) atoms. The second-order valence-corrected chi connectivity index (χ2v) is 6.04. The number of amides is 2. The van der Waals surface area contributed by atoms with Crippen LogP contribution in [0.25, 0.3) is 6.08 Å². The van der Waals surface area contributed by atoms with Crippen molar-refractivity contribution >= 4 is 29.3 Å². The number of nitrogens with one attached hydrogen (secondary N) is 2. The number of carbonyl (C=O) groups is 2. The number of ether oxygens (including phenoxy) is 3. The highest BCUT2D eigenvalue weighted by Crippen LogP contribution is 2.34. The second-order valence-electron chi connectivity index (χ2n) is 6.04. The molecule has 0 radical (unpaired) electrons.